The van der Waals surface area contributed by atoms with E-state index < -0.39 is 24.8 Å². The molecule has 1 rings (SSSR count). The molecule has 2 unspecified atom stereocenters. The molecule has 8 heteroatoms. The van der Waals surface area contributed by atoms with Gasteiger partial charge in [0.2, 0.25) is 12.1 Å². The van der Waals surface area contributed by atoms with Crippen LogP contribution in [0.15, 0.2) is 17.4 Å². The zero-order chi connectivity index (χ0) is 20.8. The summed E-state index contributed by atoms with van der Waals surface area (Å²) in [6, 6.07) is 0. The predicted molar refractivity (Wildman–Crippen MR) is 116 cm³/mol. The van der Waals surface area contributed by atoms with E-state index in [4.69, 9.17) is 9.84 Å². The molecule has 0 radical (unpaired) electrons. The third-order valence-electron chi connectivity index (χ3n) is 5.28. The first kappa shape index (κ1) is 28.3. The van der Waals surface area contributed by atoms with E-state index in [2.05, 4.69) is 11.9 Å². The third kappa shape index (κ3) is 10.7. The monoisotopic (exact) mass is 421 g/mol. The molecule has 0 spiro atoms. The maximum atomic E-state index is 11.4. The molecule has 0 aliphatic carbocycles. The van der Waals surface area contributed by atoms with E-state index in [-0.39, 0.29) is 40.6 Å². The average Bonchev–Trinajstić information content (AvgIpc) is 3.04. The van der Waals surface area contributed by atoms with Crippen LogP contribution in [0, 0.1) is 0 Å². The van der Waals surface area contributed by atoms with E-state index in [1.165, 1.54) is 51.4 Å². The zero-order valence-corrected chi connectivity index (χ0v) is 17.4. The van der Waals surface area contributed by atoms with Crippen LogP contribution in [-0.4, -0.2) is 81.4 Å². The van der Waals surface area contributed by atoms with Crippen LogP contribution >= 0.6 is 0 Å². The van der Waals surface area contributed by atoms with Gasteiger partial charge in [0.05, 0.1) is 6.20 Å². The summed E-state index contributed by atoms with van der Waals surface area (Å²) in [6.07, 6.45) is 15.7. The van der Waals surface area contributed by atoms with E-state index in [1.807, 2.05) is 0 Å². The van der Waals surface area contributed by atoms with Crippen molar-refractivity contribution in [3.05, 3.63) is 12.4 Å². The number of amidine groups is 1. The number of carboxylic acid groups (broad SMARTS) is 2. The Hall–Kier alpha value is -0.730. The second-order valence-corrected chi connectivity index (χ2v) is 7.56. The number of aliphatic carboxylic acids is 2. The molecule has 0 saturated heterocycles. The molecular formula is C21H38N2NaO5+. The van der Waals surface area contributed by atoms with Crippen molar-refractivity contribution < 1.29 is 29.0 Å². The molecule has 7 nitrogen and oxygen atoms in total. The van der Waals surface area contributed by atoms with Gasteiger partial charge in [-0.05, 0) is 6.42 Å². The van der Waals surface area contributed by atoms with Gasteiger partial charge in [0.25, 0.3) is 0 Å². The van der Waals surface area contributed by atoms with Crippen molar-refractivity contribution in [1.82, 2.24) is 0 Å². The number of aliphatic imine (C=N–C) groups is 1. The molecule has 2 N–H and O–H groups in total. The van der Waals surface area contributed by atoms with Crippen LogP contribution in [0.5, 0.6) is 0 Å². The maximum absolute atomic E-state index is 11.4. The number of hydrogen-bond donors (Lipinski definition) is 2. The molecule has 1 aliphatic heterocycles. The van der Waals surface area contributed by atoms with Gasteiger partial charge in [0.15, 0.2) is 13.2 Å². The average molecular weight is 422 g/mol. The summed E-state index contributed by atoms with van der Waals surface area (Å²) in [4.78, 5) is 26.6. The Labute approximate surface area is 197 Å². The van der Waals surface area contributed by atoms with Crippen molar-refractivity contribution in [2.24, 2.45) is 4.99 Å². The number of ether oxygens (including phenoxy) is 1. The second-order valence-electron chi connectivity index (χ2n) is 7.56. The standard InChI is InChI=1S/C21H36N2O5.Na.H/c1-3-4-5-6-7-8-9-10-11-12-13-19-22-14-15-23(19,16-20(24)25)18(2)28-17-21(26)27;;/h14-15,18H,3-13,16-17H2,1-2H3,(H-,24,25,26,27);;/p+1. The first-order chi connectivity index (χ1) is 13.4. The Kier molecular flexibility index (Phi) is 15.6. The fraction of sp³-hybridized carbons (Fsp3) is 0.762. The molecule has 2 atom stereocenters. The Morgan fingerprint density at radius 1 is 1.00 bits per heavy atom. The van der Waals surface area contributed by atoms with Gasteiger partial charge in [-0.2, -0.15) is 0 Å². The quantitative estimate of drug-likeness (QED) is 0.211. The SMILES string of the molecule is CCCCCCCCCCCCC1=NC=C[N+]1(CC(=O)O)C(C)OCC(=O)O.[NaH]. The first-order valence-electron chi connectivity index (χ1n) is 10.6. The molecule has 0 aromatic carbocycles. The molecule has 1 aliphatic rings. The summed E-state index contributed by atoms with van der Waals surface area (Å²) in [5.74, 6) is -1.30. The van der Waals surface area contributed by atoms with E-state index in [0.29, 0.717) is 6.42 Å². The number of quaternary nitrogens is 1. The predicted octanol–water partition coefficient (Wildman–Crippen LogP) is 3.88. The summed E-state index contributed by atoms with van der Waals surface area (Å²) in [7, 11) is 0. The van der Waals surface area contributed by atoms with Crippen LogP contribution in [0.25, 0.3) is 0 Å². The summed E-state index contributed by atoms with van der Waals surface area (Å²) in [5, 5.41) is 18.2. The Balaban J connectivity index is 0.00000784. The molecule has 0 saturated carbocycles. The van der Waals surface area contributed by atoms with Crippen molar-refractivity contribution in [3.8, 4) is 0 Å². The van der Waals surface area contributed by atoms with Crippen LogP contribution in [0.4, 0.5) is 0 Å². The summed E-state index contributed by atoms with van der Waals surface area (Å²) in [5.41, 5.74) is 0. The van der Waals surface area contributed by atoms with Crippen LogP contribution in [0.1, 0.15) is 84.5 Å². The molecule has 29 heavy (non-hydrogen) atoms. The van der Waals surface area contributed by atoms with E-state index in [9.17, 15) is 14.7 Å². The van der Waals surface area contributed by atoms with Crippen molar-refractivity contribution in [2.45, 2.75) is 90.7 Å². The van der Waals surface area contributed by atoms with Gasteiger partial charge in [-0.3, -0.25) is 0 Å². The molecule has 0 fully saturated rings. The first-order valence-corrected chi connectivity index (χ1v) is 10.6. The van der Waals surface area contributed by atoms with E-state index >= 15 is 0 Å². The molecule has 0 aromatic rings. The number of nitrogens with zero attached hydrogens (tertiary/aromatic N) is 2. The molecule has 0 aromatic heterocycles. The third-order valence-corrected chi connectivity index (χ3v) is 5.28. The van der Waals surface area contributed by atoms with Crippen LogP contribution in [0.2, 0.25) is 0 Å². The number of unbranched alkanes of at least 4 members (excludes halogenated alkanes) is 9. The van der Waals surface area contributed by atoms with Gasteiger partial charge in [0.1, 0.15) is 6.20 Å². The van der Waals surface area contributed by atoms with Crippen molar-refractivity contribution in [3.63, 3.8) is 0 Å². The second kappa shape index (κ2) is 16.0. The van der Waals surface area contributed by atoms with Crippen LogP contribution < -0.4 is 0 Å². The zero-order valence-electron chi connectivity index (χ0n) is 17.4. The fourth-order valence-corrected chi connectivity index (χ4v) is 3.63. The number of hydrogen-bond acceptors (Lipinski definition) is 4. The van der Waals surface area contributed by atoms with Gasteiger partial charge < -0.3 is 14.9 Å². The molecule has 1 heterocycles. The van der Waals surface area contributed by atoms with Crippen molar-refractivity contribution >= 4 is 47.3 Å². The molecule has 0 amide bonds. The number of carbonyl (C=O) groups is 2. The van der Waals surface area contributed by atoms with Gasteiger partial charge in [-0.15, -0.1) is 0 Å². The molecule has 162 valence electrons. The van der Waals surface area contributed by atoms with Gasteiger partial charge in [0, 0.05) is 13.3 Å². The normalized spacial score (nSPS) is 18.9. The van der Waals surface area contributed by atoms with E-state index in [0.717, 1.165) is 18.7 Å². The van der Waals surface area contributed by atoms with Crippen molar-refractivity contribution in [2.75, 3.05) is 13.2 Å². The topological polar surface area (TPSA) is 96.2 Å². The van der Waals surface area contributed by atoms with Crippen LogP contribution in [-0.2, 0) is 14.3 Å². The van der Waals surface area contributed by atoms with E-state index in [1.54, 1.807) is 19.3 Å². The van der Waals surface area contributed by atoms with Gasteiger partial charge in [-0.1, -0.05) is 64.7 Å². The summed E-state index contributed by atoms with van der Waals surface area (Å²) in [6.45, 7) is 3.27. The molecular weight excluding hydrogens is 383 g/mol. The number of rotatable bonds is 17. The molecule has 0 bridgehead atoms. The minimum absolute atomic E-state index is 0. The summed E-state index contributed by atoms with van der Waals surface area (Å²) < 4.78 is 5.34. The minimum atomic E-state index is -1.07. The summed E-state index contributed by atoms with van der Waals surface area (Å²) >= 11 is 0. The van der Waals surface area contributed by atoms with Crippen LogP contribution in [0.3, 0.4) is 0 Å². The fourth-order valence-electron chi connectivity index (χ4n) is 3.63. The number of carboxylic acids is 2. The van der Waals surface area contributed by atoms with Crippen molar-refractivity contribution in [1.29, 1.82) is 0 Å². The Morgan fingerprint density at radius 3 is 2.07 bits per heavy atom. The Morgan fingerprint density at radius 2 is 1.55 bits per heavy atom. The van der Waals surface area contributed by atoms with Gasteiger partial charge in [-0.25, -0.2) is 19.1 Å². The Bertz CT molecular complexity index is 553. The van der Waals surface area contributed by atoms with Gasteiger partial charge >= 0.3 is 41.5 Å².